The maximum atomic E-state index is 5.72. The van der Waals surface area contributed by atoms with E-state index in [2.05, 4.69) is 63.7 Å². The molecule has 0 spiro atoms. The van der Waals surface area contributed by atoms with Gasteiger partial charge in [-0.3, -0.25) is 0 Å². The zero-order valence-corrected chi connectivity index (χ0v) is 14.2. The lowest BCUT2D eigenvalue weighted by atomic mass is 10.1. The van der Waals surface area contributed by atoms with E-state index in [9.17, 15) is 0 Å². The lowest BCUT2D eigenvalue weighted by molar-refractivity contribution is 0.241. The van der Waals surface area contributed by atoms with Gasteiger partial charge >= 0.3 is 0 Å². The first-order valence-electron chi connectivity index (χ1n) is 7.35. The van der Waals surface area contributed by atoms with Crippen LogP contribution in [0.25, 0.3) is 0 Å². The fourth-order valence-electron chi connectivity index (χ4n) is 2.11. The molecule has 0 aliphatic heterocycles. The van der Waals surface area contributed by atoms with Crippen molar-refractivity contribution in [1.29, 1.82) is 0 Å². The summed E-state index contributed by atoms with van der Waals surface area (Å²) < 4.78 is 6.73. The summed E-state index contributed by atoms with van der Waals surface area (Å²) in [5.41, 5.74) is 2.62. The van der Waals surface area contributed by atoms with Gasteiger partial charge in [-0.2, -0.15) is 0 Å². The van der Waals surface area contributed by atoms with Crippen LogP contribution in [0.4, 0.5) is 0 Å². The van der Waals surface area contributed by atoms with Gasteiger partial charge < -0.3 is 10.1 Å². The molecule has 0 aliphatic carbocycles. The van der Waals surface area contributed by atoms with E-state index in [0.717, 1.165) is 29.7 Å². The fourth-order valence-corrected chi connectivity index (χ4v) is 2.63. The maximum absolute atomic E-state index is 5.72. The Hall–Kier alpha value is -1.32. The predicted molar refractivity (Wildman–Crippen MR) is 91.8 cm³/mol. The van der Waals surface area contributed by atoms with Gasteiger partial charge in [0.25, 0.3) is 0 Å². The summed E-state index contributed by atoms with van der Waals surface area (Å²) in [6.45, 7) is 5.91. The number of hydrogen-bond donors (Lipinski definition) is 1. The molecule has 0 saturated heterocycles. The standard InChI is InChI=1S/C18H22BrNO/c1-14(2)21-18-9-8-16(12-17(18)19)13-20-11-10-15-6-4-3-5-7-15/h3-9,12,14,20H,10-11,13H2,1-2H3. The lowest BCUT2D eigenvalue weighted by Crippen LogP contribution is -2.16. The molecular weight excluding hydrogens is 326 g/mol. The molecule has 0 radical (unpaired) electrons. The summed E-state index contributed by atoms with van der Waals surface area (Å²) in [5.74, 6) is 0.901. The summed E-state index contributed by atoms with van der Waals surface area (Å²) in [7, 11) is 0. The van der Waals surface area contributed by atoms with Gasteiger partial charge in [0.05, 0.1) is 10.6 Å². The summed E-state index contributed by atoms with van der Waals surface area (Å²) in [6, 6.07) is 16.8. The van der Waals surface area contributed by atoms with E-state index in [1.165, 1.54) is 11.1 Å². The van der Waals surface area contributed by atoms with Crippen molar-refractivity contribution in [3.05, 3.63) is 64.1 Å². The lowest BCUT2D eigenvalue weighted by Gasteiger charge is -2.13. The Morgan fingerprint density at radius 2 is 1.81 bits per heavy atom. The number of rotatable bonds is 7. The molecule has 3 heteroatoms. The van der Waals surface area contributed by atoms with E-state index < -0.39 is 0 Å². The van der Waals surface area contributed by atoms with Crippen molar-refractivity contribution in [2.45, 2.75) is 32.9 Å². The summed E-state index contributed by atoms with van der Waals surface area (Å²) in [6.07, 6.45) is 1.24. The summed E-state index contributed by atoms with van der Waals surface area (Å²) in [5, 5.41) is 3.48. The second-order valence-electron chi connectivity index (χ2n) is 5.34. The van der Waals surface area contributed by atoms with Crippen LogP contribution >= 0.6 is 15.9 Å². The Bertz CT molecular complexity index is 554. The van der Waals surface area contributed by atoms with Crippen LogP contribution in [0.1, 0.15) is 25.0 Å². The van der Waals surface area contributed by atoms with Gasteiger partial charge in [0.15, 0.2) is 0 Å². The van der Waals surface area contributed by atoms with Crippen molar-refractivity contribution in [3.63, 3.8) is 0 Å². The minimum absolute atomic E-state index is 0.191. The molecular formula is C18H22BrNO. The van der Waals surface area contributed by atoms with Crippen LogP contribution < -0.4 is 10.1 Å². The molecule has 0 unspecified atom stereocenters. The first-order valence-corrected chi connectivity index (χ1v) is 8.14. The van der Waals surface area contributed by atoms with Crippen molar-refractivity contribution in [2.24, 2.45) is 0 Å². The van der Waals surface area contributed by atoms with Crippen LogP contribution in [-0.2, 0) is 13.0 Å². The highest BCUT2D eigenvalue weighted by molar-refractivity contribution is 9.10. The van der Waals surface area contributed by atoms with Crippen molar-refractivity contribution in [3.8, 4) is 5.75 Å². The third kappa shape index (κ3) is 5.52. The van der Waals surface area contributed by atoms with Gasteiger partial charge in [-0.1, -0.05) is 36.4 Å². The van der Waals surface area contributed by atoms with Crippen LogP contribution in [0.15, 0.2) is 53.0 Å². The maximum Gasteiger partial charge on any atom is 0.133 e. The Morgan fingerprint density at radius 1 is 1.05 bits per heavy atom. The second-order valence-corrected chi connectivity index (χ2v) is 6.20. The highest BCUT2D eigenvalue weighted by Crippen LogP contribution is 2.26. The molecule has 0 saturated carbocycles. The molecule has 0 fully saturated rings. The van der Waals surface area contributed by atoms with Crippen LogP contribution in [-0.4, -0.2) is 12.6 Å². The zero-order chi connectivity index (χ0) is 15.1. The molecule has 0 heterocycles. The third-order valence-corrected chi connectivity index (χ3v) is 3.74. The minimum Gasteiger partial charge on any atom is -0.490 e. The molecule has 2 rings (SSSR count). The molecule has 2 aromatic rings. The largest absolute Gasteiger partial charge is 0.490 e. The van der Waals surface area contributed by atoms with Crippen LogP contribution in [0, 0.1) is 0 Å². The minimum atomic E-state index is 0.191. The number of nitrogens with one attached hydrogen (secondary N) is 1. The van der Waals surface area contributed by atoms with Crippen LogP contribution in [0.3, 0.4) is 0 Å². The Kier molecular flexibility index (Phi) is 6.27. The predicted octanol–water partition coefficient (Wildman–Crippen LogP) is 4.57. The molecule has 0 amide bonds. The number of ether oxygens (including phenoxy) is 1. The zero-order valence-electron chi connectivity index (χ0n) is 12.6. The summed E-state index contributed by atoms with van der Waals surface area (Å²) in [4.78, 5) is 0. The normalized spacial score (nSPS) is 10.9. The van der Waals surface area contributed by atoms with Crippen molar-refractivity contribution in [1.82, 2.24) is 5.32 Å². The molecule has 1 N–H and O–H groups in total. The Morgan fingerprint density at radius 3 is 2.48 bits per heavy atom. The molecule has 21 heavy (non-hydrogen) atoms. The number of benzene rings is 2. The molecule has 0 atom stereocenters. The SMILES string of the molecule is CC(C)Oc1ccc(CNCCc2ccccc2)cc1Br. The van der Waals surface area contributed by atoms with Gasteiger partial charge in [-0.25, -0.2) is 0 Å². The monoisotopic (exact) mass is 347 g/mol. The first-order chi connectivity index (χ1) is 10.1. The average molecular weight is 348 g/mol. The number of halogens is 1. The second kappa shape index (κ2) is 8.20. The van der Waals surface area contributed by atoms with Crippen molar-refractivity contribution >= 4 is 15.9 Å². The highest BCUT2D eigenvalue weighted by atomic mass is 79.9. The molecule has 2 aromatic carbocycles. The van der Waals surface area contributed by atoms with E-state index in [-0.39, 0.29) is 6.10 Å². The number of hydrogen-bond acceptors (Lipinski definition) is 2. The molecule has 112 valence electrons. The van der Waals surface area contributed by atoms with E-state index in [1.807, 2.05) is 19.9 Å². The van der Waals surface area contributed by atoms with Crippen LogP contribution in [0.5, 0.6) is 5.75 Å². The first kappa shape index (κ1) is 16.1. The topological polar surface area (TPSA) is 21.3 Å². The average Bonchev–Trinajstić information content (AvgIpc) is 2.47. The third-order valence-electron chi connectivity index (χ3n) is 3.12. The molecule has 0 aliphatic rings. The smallest absolute Gasteiger partial charge is 0.133 e. The Labute approximate surface area is 135 Å². The molecule has 0 aromatic heterocycles. The highest BCUT2D eigenvalue weighted by Gasteiger charge is 2.04. The summed E-state index contributed by atoms with van der Waals surface area (Å²) >= 11 is 3.57. The van der Waals surface area contributed by atoms with Crippen molar-refractivity contribution < 1.29 is 4.74 Å². The quantitative estimate of drug-likeness (QED) is 0.740. The van der Waals surface area contributed by atoms with Gasteiger partial charge in [0.1, 0.15) is 5.75 Å². The molecule has 0 bridgehead atoms. The van der Waals surface area contributed by atoms with Crippen molar-refractivity contribution in [2.75, 3.05) is 6.54 Å². The molecule has 2 nitrogen and oxygen atoms in total. The van der Waals surface area contributed by atoms with Gasteiger partial charge in [-0.15, -0.1) is 0 Å². The van der Waals surface area contributed by atoms with E-state index in [0.29, 0.717) is 0 Å². The van der Waals surface area contributed by atoms with Gasteiger partial charge in [0.2, 0.25) is 0 Å². The van der Waals surface area contributed by atoms with E-state index >= 15 is 0 Å². The van der Waals surface area contributed by atoms with Crippen LogP contribution in [0.2, 0.25) is 0 Å². The Balaban J connectivity index is 1.79. The van der Waals surface area contributed by atoms with Gasteiger partial charge in [0, 0.05) is 6.54 Å². The van der Waals surface area contributed by atoms with E-state index in [1.54, 1.807) is 0 Å². The van der Waals surface area contributed by atoms with Gasteiger partial charge in [-0.05, 0) is 66.0 Å². The van der Waals surface area contributed by atoms with E-state index in [4.69, 9.17) is 4.74 Å². The fraction of sp³-hybridized carbons (Fsp3) is 0.333.